The molecule has 1 aliphatic heterocycles. The van der Waals surface area contributed by atoms with Gasteiger partial charge in [-0.05, 0) is 43.7 Å². The highest BCUT2D eigenvalue weighted by Gasteiger charge is 2.19. The number of aromatic nitrogens is 2. The van der Waals surface area contributed by atoms with E-state index in [1.165, 1.54) is 7.05 Å². The van der Waals surface area contributed by atoms with Gasteiger partial charge in [0.05, 0.1) is 6.61 Å². The summed E-state index contributed by atoms with van der Waals surface area (Å²) in [5, 5.41) is 0. The van der Waals surface area contributed by atoms with Crippen molar-refractivity contribution in [2.45, 2.75) is 12.8 Å². The molecule has 2 aromatic rings. The van der Waals surface area contributed by atoms with E-state index in [2.05, 4.69) is 9.80 Å². The number of anilines is 2. The van der Waals surface area contributed by atoms with Gasteiger partial charge in [-0.2, -0.15) is 0 Å². The van der Waals surface area contributed by atoms with E-state index in [4.69, 9.17) is 10.5 Å². The number of ether oxygens (including phenoxy) is 1. The predicted molar refractivity (Wildman–Crippen MR) is 111 cm³/mol. The normalized spacial score (nSPS) is 15.0. The molecule has 0 bridgehead atoms. The van der Waals surface area contributed by atoms with E-state index in [1.807, 2.05) is 24.3 Å². The van der Waals surface area contributed by atoms with Crippen LogP contribution in [-0.4, -0.2) is 53.4 Å². The van der Waals surface area contributed by atoms with Crippen molar-refractivity contribution in [1.82, 2.24) is 14.0 Å². The van der Waals surface area contributed by atoms with Crippen molar-refractivity contribution in [2.75, 3.05) is 50.0 Å². The SMILES string of the molecule is Cn1c(N2CCN(CCCCOc3ccc(N)cc3)CC2)cc(=O)n(C)c1=O. The fourth-order valence-electron chi connectivity index (χ4n) is 3.42. The molecule has 8 nitrogen and oxygen atoms in total. The van der Waals surface area contributed by atoms with Crippen molar-refractivity contribution < 1.29 is 4.74 Å². The quantitative estimate of drug-likeness (QED) is 0.555. The standard InChI is InChI=1S/C20H29N5O3/c1-22-18(15-19(26)23(2)20(22)27)25-12-10-24(11-13-25)9-3-4-14-28-17-7-5-16(21)6-8-17/h5-8,15H,3-4,9-14,21H2,1-2H3. The summed E-state index contributed by atoms with van der Waals surface area (Å²) in [4.78, 5) is 28.6. The number of benzene rings is 1. The molecule has 0 amide bonds. The minimum atomic E-state index is -0.286. The number of nitrogens with zero attached hydrogens (tertiary/aromatic N) is 4. The highest BCUT2D eigenvalue weighted by molar-refractivity contribution is 5.41. The first kappa shape index (κ1) is 20.0. The molecule has 8 heteroatoms. The summed E-state index contributed by atoms with van der Waals surface area (Å²) < 4.78 is 8.40. The van der Waals surface area contributed by atoms with Gasteiger partial charge < -0.3 is 15.4 Å². The molecule has 1 aromatic heterocycles. The molecule has 0 aliphatic carbocycles. The summed E-state index contributed by atoms with van der Waals surface area (Å²) in [5.74, 6) is 1.55. The number of hydrogen-bond acceptors (Lipinski definition) is 6. The second-order valence-corrected chi connectivity index (χ2v) is 7.19. The molecule has 1 fully saturated rings. The zero-order valence-corrected chi connectivity index (χ0v) is 16.6. The number of unbranched alkanes of at least 4 members (excludes halogenated alkanes) is 1. The summed E-state index contributed by atoms with van der Waals surface area (Å²) in [6.45, 7) is 5.17. The molecule has 1 aromatic carbocycles. The van der Waals surface area contributed by atoms with Crippen LogP contribution in [0.4, 0.5) is 11.5 Å². The third kappa shape index (κ3) is 4.75. The lowest BCUT2D eigenvalue weighted by Gasteiger charge is -2.36. The van der Waals surface area contributed by atoms with Crippen LogP contribution in [0, 0.1) is 0 Å². The molecule has 1 aliphatic rings. The van der Waals surface area contributed by atoms with E-state index in [9.17, 15) is 9.59 Å². The molecule has 28 heavy (non-hydrogen) atoms. The molecule has 0 saturated carbocycles. The lowest BCUT2D eigenvalue weighted by Crippen LogP contribution is -2.49. The second-order valence-electron chi connectivity index (χ2n) is 7.19. The van der Waals surface area contributed by atoms with Crippen molar-refractivity contribution >= 4 is 11.5 Å². The van der Waals surface area contributed by atoms with Crippen LogP contribution < -0.4 is 26.6 Å². The van der Waals surface area contributed by atoms with Gasteiger partial charge in [-0.1, -0.05) is 0 Å². The van der Waals surface area contributed by atoms with E-state index in [0.29, 0.717) is 12.4 Å². The van der Waals surface area contributed by atoms with Gasteiger partial charge in [0.25, 0.3) is 5.56 Å². The van der Waals surface area contributed by atoms with Crippen molar-refractivity contribution in [3.8, 4) is 5.75 Å². The Hall–Kier alpha value is -2.74. The van der Waals surface area contributed by atoms with Crippen LogP contribution in [0.2, 0.25) is 0 Å². The van der Waals surface area contributed by atoms with Gasteiger partial charge in [-0.15, -0.1) is 0 Å². The minimum absolute atomic E-state index is 0.262. The van der Waals surface area contributed by atoms with Crippen LogP contribution in [0.5, 0.6) is 5.75 Å². The van der Waals surface area contributed by atoms with Gasteiger partial charge >= 0.3 is 5.69 Å². The number of nitrogen functional groups attached to an aromatic ring is 1. The maximum absolute atomic E-state index is 12.1. The Balaban J connectivity index is 1.40. The topological polar surface area (TPSA) is 85.7 Å². The number of piperazine rings is 1. The van der Waals surface area contributed by atoms with Crippen LogP contribution in [0.25, 0.3) is 0 Å². The van der Waals surface area contributed by atoms with E-state index < -0.39 is 0 Å². The molecule has 152 valence electrons. The Labute approximate surface area is 164 Å². The fourth-order valence-corrected chi connectivity index (χ4v) is 3.42. The zero-order chi connectivity index (χ0) is 20.1. The molecule has 0 radical (unpaired) electrons. The largest absolute Gasteiger partial charge is 0.494 e. The first-order valence-electron chi connectivity index (χ1n) is 9.68. The monoisotopic (exact) mass is 387 g/mol. The third-order valence-corrected chi connectivity index (χ3v) is 5.21. The Kier molecular flexibility index (Phi) is 6.41. The van der Waals surface area contributed by atoms with Crippen molar-refractivity contribution in [3.05, 3.63) is 51.2 Å². The molecule has 0 atom stereocenters. The molecular formula is C20H29N5O3. The number of rotatable bonds is 7. The molecule has 2 N–H and O–H groups in total. The molecule has 2 heterocycles. The van der Waals surface area contributed by atoms with Crippen LogP contribution in [0.1, 0.15) is 12.8 Å². The molecule has 1 saturated heterocycles. The van der Waals surface area contributed by atoms with Crippen LogP contribution in [0.15, 0.2) is 39.9 Å². The predicted octanol–water partition coefficient (Wildman–Crippen LogP) is 0.647. The Morgan fingerprint density at radius 1 is 0.964 bits per heavy atom. The van der Waals surface area contributed by atoms with Gasteiger partial charge in [-0.3, -0.25) is 18.8 Å². The summed E-state index contributed by atoms with van der Waals surface area (Å²) in [6.07, 6.45) is 2.06. The summed E-state index contributed by atoms with van der Waals surface area (Å²) in [7, 11) is 3.22. The van der Waals surface area contributed by atoms with Crippen LogP contribution in [-0.2, 0) is 14.1 Å². The Bertz CT molecular complexity index is 896. The van der Waals surface area contributed by atoms with Gasteiger partial charge in [-0.25, -0.2) is 4.79 Å². The second kappa shape index (κ2) is 8.97. The van der Waals surface area contributed by atoms with Crippen LogP contribution >= 0.6 is 0 Å². The lowest BCUT2D eigenvalue weighted by atomic mass is 10.2. The number of hydrogen-bond donors (Lipinski definition) is 1. The maximum Gasteiger partial charge on any atom is 0.332 e. The average molecular weight is 387 g/mol. The van der Waals surface area contributed by atoms with Gasteiger partial charge in [0, 0.05) is 52.0 Å². The molecule has 0 spiro atoms. The molecule has 3 rings (SSSR count). The minimum Gasteiger partial charge on any atom is -0.494 e. The maximum atomic E-state index is 12.1. The van der Waals surface area contributed by atoms with Gasteiger partial charge in [0.2, 0.25) is 0 Å². The first-order valence-corrected chi connectivity index (χ1v) is 9.68. The van der Waals surface area contributed by atoms with Gasteiger partial charge in [0.1, 0.15) is 11.6 Å². The van der Waals surface area contributed by atoms with Crippen molar-refractivity contribution in [2.24, 2.45) is 14.1 Å². The van der Waals surface area contributed by atoms with E-state index in [1.54, 1.807) is 17.7 Å². The first-order chi connectivity index (χ1) is 13.5. The van der Waals surface area contributed by atoms with Crippen molar-refractivity contribution in [1.29, 1.82) is 0 Å². The summed E-state index contributed by atoms with van der Waals surface area (Å²) in [6, 6.07) is 9.00. The molecular weight excluding hydrogens is 358 g/mol. The highest BCUT2D eigenvalue weighted by Crippen LogP contribution is 2.14. The lowest BCUT2D eigenvalue weighted by molar-refractivity contribution is 0.237. The van der Waals surface area contributed by atoms with E-state index in [-0.39, 0.29) is 11.2 Å². The van der Waals surface area contributed by atoms with Gasteiger partial charge in [0.15, 0.2) is 0 Å². The Morgan fingerprint density at radius 2 is 1.64 bits per heavy atom. The Morgan fingerprint density at radius 3 is 2.32 bits per heavy atom. The highest BCUT2D eigenvalue weighted by atomic mass is 16.5. The van der Waals surface area contributed by atoms with E-state index in [0.717, 1.165) is 61.6 Å². The fraction of sp³-hybridized carbons (Fsp3) is 0.500. The van der Waals surface area contributed by atoms with Crippen LogP contribution in [0.3, 0.4) is 0 Å². The zero-order valence-electron chi connectivity index (χ0n) is 16.6. The van der Waals surface area contributed by atoms with Crippen molar-refractivity contribution in [3.63, 3.8) is 0 Å². The summed E-state index contributed by atoms with van der Waals surface area (Å²) >= 11 is 0. The molecule has 0 unspecified atom stereocenters. The smallest absolute Gasteiger partial charge is 0.332 e. The third-order valence-electron chi connectivity index (χ3n) is 5.21. The average Bonchev–Trinajstić information content (AvgIpc) is 2.71. The number of nitrogens with two attached hydrogens (primary N) is 1. The van der Waals surface area contributed by atoms with E-state index >= 15 is 0 Å². The summed E-state index contributed by atoms with van der Waals surface area (Å²) in [5.41, 5.74) is 5.85.